The number of thioether (sulfide) groups is 1. The van der Waals surface area contributed by atoms with Crippen molar-refractivity contribution >= 4 is 17.7 Å². The Bertz CT molecular complexity index is 121. The molecule has 0 bridgehead atoms. The van der Waals surface area contributed by atoms with Crippen LogP contribution >= 0.6 is 11.8 Å². The van der Waals surface area contributed by atoms with E-state index in [1.54, 1.807) is 11.8 Å². The molecule has 0 fully saturated rings. The van der Waals surface area contributed by atoms with E-state index in [9.17, 15) is 4.79 Å². The van der Waals surface area contributed by atoms with Crippen LogP contribution in [-0.2, 0) is 9.53 Å². The number of carbonyl (C=O) groups excluding carboxylic acids is 1. The molecule has 0 rings (SSSR count). The number of hydrogen-bond acceptors (Lipinski definition) is 3. The lowest BCUT2D eigenvalue weighted by Gasteiger charge is -1.89. The second-order valence-corrected chi connectivity index (χ2v) is 2.69. The Balaban J connectivity index is 3.27. The minimum absolute atomic E-state index is 0.277. The molecule has 0 unspecified atom stereocenters. The smallest absolute Gasteiger partial charge is 0.330 e. The number of esters is 1. The zero-order valence-corrected chi connectivity index (χ0v) is 7.11. The van der Waals surface area contributed by atoms with Crippen molar-refractivity contribution in [3.8, 4) is 0 Å². The quantitative estimate of drug-likeness (QED) is 0.354. The van der Waals surface area contributed by atoms with Gasteiger partial charge in [-0.1, -0.05) is 6.08 Å². The van der Waals surface area contributed by atoms with E-state index in [1.807, 2.05) is 12.3 Å². The Kier molecular flexibility index (Phi) is 6.38. The molecule has 3 heteroatoms. The molecule has 0 aromatic heterocycles. The normalized spacial score (nSPS) is 10.2. The van der Waals surface area contributed by atoms with Gasteiger partial charge in [-0.05, 0) is 18.4 Å². The van der Waals surface area contributed by atoms with E-state index in [2.05, 4.69) is 4.74 Å². The van der Waals surface area contributed by atoms with Crippen molar-refractivity contribution in [1.82, 2.24) is 0 Å². The summed E-state index contributed by atoms with van der Waals surface area (Å²) in [6.45, 7) is 0. The summed E-state index contributed by atoms with van der Waals surface area (Å²) in [7, 11) is 1.38. The molecule has 0 radical (unpaired) electrons. The van der Waals surface area contributed by atoms with Crippen molar-refractivity contribution in [2.24, 2.45) is 0 Å². The average molecular weight is 160 g/mol. The topological polar surface area (TPSA) is 26.3 Å². The molecular formula is C7H12O2S. The van der Waals surface area contributed by atoms with E-state index in [4.69, 9.17) is 0 Å². The van der Waals surface area contributed by atoms with Gasteiger partial charge in [0.25, 0.3) is 0 Å². The van der Waals surface area contributed by atoms with Crippen molar-refractivity contribution < 1.29 is 9.53 Å². The first kappa shape index (κ1) is 9.56. The van der Waals surface area contributed by atoms with E-state index in [0.29, 0.717) is 0 Å². The third kappa shape index (κ3) is 5.69. The molecule has 0 spiro atoms. The van der Waals surface area contributed by atoms with Gasteiger partial charge < -0.3 is 4.74 Å². The maximum atomic E-state index is 10.5. The molecule has 0 amide bonds. The number of methoxy groups -OCH3 is 1. The average Bonchev–Trinajstić information content (AvgIpc) is 1.98. The van der Waals surface area contributed by atoms with Crippen LogP contribution in [0.5, 0.6) is 0 Å². The molecule has 0 aromatic rings. The lowest BCUT2D eigenvalue weighted by Crippen LogP contribution is -1.93. The summed E-state index contributed by atoms with van der Waals surface area (Å²) in [6.07, 6.45) is 6.24. The molecule has 58 valence electrons. The third-order valence-corrected chi connectivity index (χ3v) is 1.59. The summed E-state index contributed by atoms with van der Waals surface area (Å²) in [5.41, 5.74) is 0. The molecule has 0 atom stereocenters. The molecule has 0 aromatic carbocycles. The van der Waals surface area contributed by atoms with E-state index in [-0.39, 0.29) is 5.97 Å². The first-order valence-electron chi connectivity index (χ1n) is 3.04. The van der Waals surface area contributed by atoms with Crippen LogP contribution in [-0.4, -0.2) is 25.1 Å². The summed E-state index contributed by atoms with van der Waals surface area (Å²) in [5.74, 6) is 0.772. The van der Waals surface area contributed by atoms with Crippen LogP contribution in [0.4, 0.5) is 0 Å². The van der Waals surface area contributed by atoms with Crippen LogP contribution in [0.15, 0.2) is 12.2 Å². The lowest BCUT2D eigenvalue weighted by atomic mass is 10.4. The van der Waals surface area contributed by atoms with Crippen molar-refractivity contribution in [3.63, 3.8) is 0 Å². The van der Waals surface area contributed by atoms with Crippen LogP contribution in [0.25, 0.3) is 0 Å². The van der Waals surface area contributed by atoms with Gasteiger partial charge in [-0.2, -0.15) is 11.8 Å². The van der Waals surface area contributed by atoms with Crippen molar-refractivity contribution in [1.29, 1.82) is 0 Å². The highest BCUT2D eigenvalue weighted by molar-refractivity contribution is 7.98. The van der Waals surface area contributed by atoms with Crippen LogP contribution < -0.4 is 0 Å². The summed E-state index contributed by atoms with van der Waals surface area (Å²) >= 11 is 1.76. The lowest BCUT2D eigenvalue weighted by molar-refractivity contribution is -0.134. The van der Waals surface area contributed by atoms with E-state index >= 15 is 0 Å². The van der Waals surface area contributed by atoms with Gasteiger partial charge >= 0.3 is 5.97 Å². The summed E-state index contributed by atoms with van der Waals surface area (Å²) in [6, 6.07) is 0. The molecule has 0 saturated heterocycles. The second-order valence-electron chi connectivity index (χ2n) is 1.71. The zero-order valence-electron chi connectivity index (χ0n) is 6.29. The molecule has 10 heavy (non-hydrogen) atoms. The first-order valence-corrected chi connectivity index (χ1v) is 4.44. The van der Waals surface area contributed by atoms with E-state index in [1.165, 1.54) is 13.2 Å². The predicted molar refractivity (Wildman–Crippen MR) is 44.2 cm³/mol. The van der Waals surface area contributed by atoms with Crippen LogP contribution in [0, 0.1) is 0 Å². The minimum Gasteiger partial charge on any atom is -0.466 e. The predicted octanol–water partition coefficient (Wildman–Crippen LogP) is 1.47. The highest BCUT2D eigenvalue weighted by Gasteiger charge is 1.87. The Morgan fingerprint density at radius 1 is 1.70 bits per heavy atom. The van der Waals surface area contributed by atoms with Gasteiger partial charge in [0, 0.05) is 6.08 Å². The highest BCUT2D eigenvalue weighted by atomic mass is 32.2. The number of hydrogen-bond donors (Lipinski definition) is 0. The van der Waals surface area contributed by atoms with Gasteiger partial charge in [-0.25, -0.2) is 4.79 Å². The Morgan fingerprint density at radius 3 is 2.90 bits per heavy atom. The molecule has 0 saturated carbocycles. The zero-order chi connectivity index (χ0) is 7.82. The van der Waals surface area contributed by atoms with Gasteiger partial charge in [0.1, 0.15) is 0 Å². The van der Waals surface area contributed by atoms with Crippen LogP contribution in [0.1, 0.15) is 6.42 Å². The van der Waals surface area contributed by atoms with E-state index in [0.717, 1.165) is 12.2 Å². The molecule has 2 nitrogen and oxygen atoms in total. The van der Waals surface area contributed by atoms with Crippen LogP contribution in [0.3, 0.4) is 0 Å². The fourth-order valence-electron chi connectivity index (χ4n) is 0.433. The maximum absolute atomic E-state index is 10.5. The molecule has 0 aliphatic rings. The number of allylic oxidation sites excluding steroid dienone is 1. The number of ether oxygens (including phenoxy) is 1. The second kappa shape index (κ2) is 6.68. The fourth-order valence-corrected chi connectivity index (χ4v) is 0.805. The van der Waals surface area contributed by atoms with Gasteiger partial charge in [-0.3, -0.25) is 0 Å². The van der Waals surface area contributed by atoms with Gasteiger partial charge in [0.15, 0.2) is 0 Å². The molecular weight excluding hydrogens is 148 g/mol. The van der Waals surface area contributed by atoms with Gasteiger partial charge in [0.2, 0.25) is 0 Å². The van der Waals surface area contributed by atoms with Crippen molar-refractivity contribution in [3.05, 3.63) is 12.2 Å². The Labute approximate surface area is 65.6 Å². The summed E-state index contributed by atoms with van der Waals surface area (Å²) < 4.78 is 4.40. The molecule has 0 aliphatic heterocycles. The molecule has 0 aliphatic carbocycles. The monoisotopic (exact) mass is 160 g/mol. The van der Waals surface area contributed by atoms with E-state index < -0.39 is 0 Å². The summed E-state index contributed by atoms with van der Waals surface area (Å²) in [5, 5.41) is 0. The van der Waals surface area contributed by atoms with Crippen LogP contribution in [0.2, 0.25) is 0 Å². The summed E-state index contributed by atoms with van der Waals surface area (Å²) in [4.78, 5) is 10.5. The third-order valence-electron chi connectivity index (χ3n) is 0.944. The Morgan fingerprint density at radius 2 is 2.40 bits per heavy atom. The molecule has 0 N–H and O–H groups in total. The van der Waals surface area contributed by atoms with Gasteiger partial charge in [0.05, 0.1) is 7.11 Å². The van der Waals surface area contributed by atoms with Gasteiger partial charge in [-0.15, -0.1) is 0 Å². The van der Waals surface area contributed by atoms with Crippen molar-refractivity contribution in [2.75, 3.05) is 19.1 Å². The largest absolute Gasteiger partial charge is 0.466 e. The first-order chi connectivity index (χ1) is 4.81. The highest BCUT2D eigenvalue weighted by Crippen LogP contribution is 1.95. The van der Waals surface area contributed by atoms with Crippen molar-refractivity contribution in [2.45, 2.75) is 6.42 Å². The maximum Gasteiger partial charge on any atom is 0.330 e. The SMILES string of the molecule is COC(=O)/C=C/CCSC. The molecule has 0 heterocycles. The fraction of sp³-hybridized carbons (Fsp3) is 0.571. The number of rotatable bonds is 4. The number of carbonyl (C=O) groups is 1. The standard InChI is InChI=1S/C7H12O2S/c1-9-7(8)5-3-4-6-10-2/h3,5H,4,6H2,1-2H3/b5-3+. The Hall–Kier alpha value is -0.440. The minimum atomic E-state index is -0.277.